The molecule has 0 heterocycles. The van der Waals surface area contributed by atoms with Gasteiger partial charge in [0.05, 0.1) is 0 Å². The van der Waals surface area contributed by atoms with Gasteiger partial charge < -0.3 is 0 Å². The molecule has 0 aromatic heterocycles. The van der Waals surface area contributed by atoms with E-state index in [1.807, 2.05) is 12.1 Å². The fraction of sp³-hybridized carbons (Fsp3) is 0.400. The Morgan fingerprint density at radius 2 is 2.08 bits per heavy atom. The topological polar surface area (TPSA) is 26.3 Å². The molecule has 2 nitrogen and oxygen atoms in total. The number of hydrogen-bond acceptors (Lipinski definition) is 2. The van der Waals surface area contributed by atoms with Crippen molar-refractivity contribution in [3.05, 3.63) is 29.3 Å². The SMILES string of the molecule is CCc1cccc(O[PH+]=O)c1CC. The van der Waals surface area contributed by atoms with Gasteiger partial charge in [-0.25, -0.2) is 0 Å². The van der Waals surface area contributed by atoms with Gasteiger partial charge in [-0.05, 0) is 29.0 Å². The van der Waals surface area contributed by atoms with Crippen LogP contribution in [0.4, 0.5) is 0 Å². The van der Waals surface area contributed by atoms with E-state index < -0.39 is 8.69 Å². The molecule has 0 aliphatic heterocycles. The summed E-state index contributed by atoms with van der Waals surface area (Å²) in [5.74, 6) is 0.759. The number of aryl methyl sites for hydroxylation is 1. The summed E-state index contributed by atoms with van der Waals surface area (Å²) in [6, 6.07) is 5.88. The van der Waals surface area contributed by atoms with Crippen LogP contribution >= 0.6 is 8.69 Å². The molecule has 13 heavy (non-hydrogen) atoms. The summed E-state index contributed by atoms with van der Waals surface area (Å²) in [5, 5.41) is 0. The second-order valence-electron chi connectivity index (χ2n) is 2.79. The monoisotopic (exact) mass is 197 g/mol. The van der Waals surface area contributed by atoms with Crippen LogP contribution in [0.15, 0.2) is 18.2 Å². The van der Waals surface area contributed by atoms with Crippen LogP contribution in [0.25, 0.3) is 0 Å². The molecule has 1 rings (SSSR count). The average Bonchev–Trinajstić information content (AvgIpc) is 2.18. The van der Waals surface area contributed by atoms with Crippen molar-refractivity contribution >= 4 is 8.69 Å². The van der Waals surface area contributed by atoms with Crippen LogP contribution in [0.2, 0.25) is 0 Å². The molecular formula is C10H14O2P+. The minimum atomic E-state index is -0.718. The van der Waals surface area contributed by atoms with Crippen molar-refractivity contribution in [1.82, 2.24) is 0 Å². The third-order valence-electron chi connectivity index (χ3n) is 2.12. The molecule has 3 heteroatoms. The molecule has 0 spiro atoms. The van der Waals surface area contributed by atoms with E-state index in [0.717, 1.165) is 18.6 Å². The average molecular weight is 197 g/mol. The molecule has 1 unspecified atom stereocenters. The van der Waals surface area contributed by atoms with E-state index in [1.54, 1.807) is 0 Å². The molecule has 0 radical (unpaired) electrons. The van der Waals surface area contributed by atoms with Gasteiger partial charge in [0.1, 0.15) is 0 Å². The molecule has 0 fully saturated rings. The highest BCUT2D eigenvalue weighted by atomic mass is 31.1. The van der Waals surface area contributed by atoms with Gasteiger partial charge in [-0.3, -0.25) is 4.52 Å². The fourth-order valence-corrected chi connectivity index (χ4v) is 1.77. The molecule has 1 atom stereocenters. The molecule has 0 N–H and O–H groups in total. The summed E-state index contributed by atoms with van der Waals surface area (Å²) < 4.78 is 15.4. The highest BCUT2D eigenvalue weighted by Crippen LogP contribution is 2.25. The van der Waals surface area contributed by atoms with Crippen LogP contribution in [0.3, 0.4) is 0 Å². The predicted molar refractivity (Wildman–Crippen MR) is 54.8 cm³/mol. The van der Waals surface area contributed by atoms with Crippen molar-refractivity contribution in [3.8, 4) is 5.75 Å². The van der Waals surface area contributed by atoms with Gasteiger partial charge in [0.15, 0.2) is 5.75 Å². The minimum absolute atomic E-state index is 0.718. The van der Waals surface area contributed by atoms with E-state index in [-0.39, 0.29) is 0 Å². The summed E-state index contributed by atoms with van der Waals surface area (Å²) in [5.41, 5.74) is 2.45. The lowest BCUT2D eigenvalue weighted by Crippen LogP contribution is -1.93. The zero-order chi connectivity index (χ0) is 9.68. The van der Waals surface area contributed by atoms with E-state index in [1.165, 1.54) is 11.1 Å². The summed E-state index contributed by atoms with van der Waals surface area (Å²) in [4.78, 5) is 0. The second-order valence-corrected chi connectivity index (χ2v) is 3.16. The fourth-order valence-electron chi connectivity index (χ4n) is 1.48. The third-order valence-corrected chi connectivity index (χ3v) is 2.42. The first-order valence-electron chi connectivity index (χ1n) is 4.48. The van der Waals surface area contributed by atoms with E-state index in [9.17, 15) is 4.57 Å². The first kappa shape index (κ1) is 10.2. The van der Waals surface area contributed by atoms with Crippen molar-refractivity contribution in [1.29, 1.82) is 0 Å². The number of benzene rings is 1. The Morgan fingerprint density at radius 3 is 2.62 bits per heavy atom. The van der Waals surface area contributed by atoms with Crippen LogP contribution in [0, 0.1) is 0 Å². The molecule has 0 amide bonds. The Morgan fingerprint density at radius 1 is 1.31 bits per heavy atom. The first-order chi connectivity index (χ1) is 6.33. The van der Waals surface area contributed by atoms with Crippen LogP contribution in [-0.4, -0.2) is 0 Å². The molecule has 1 aromatic carbocycles. The van der Waals surface area contributed by atoms with Crippen LogP contribution in [-0.2, 0) is 17.4 Å². The highest BCUT2D eigenvalue weighted by molar-refractivity contribution is 7.17. The maximum atomic E-state index is 10.4. The molecule has 70 valence electrons. The van der Waals surface area contributed by atoms with Gasteiger partial charge in [0, 0.05) is 5.56 Å². The van der Waals surface area contributed by atoms with Gasteiger partial charge in [-0.15, -0.1) is 0 Å². The zero-order valence-electron chi connectivity index (χ0n) is 7.96. The molecule has 0 aliphatic carbocycles. The van der Waals surface area contributed by atoms with E-state index in [2.05, 4.69) is 19.9 Å². The maximum Gasteiger partial charge on any atom is 0.542 e. The number of rotatable bonds is 4. The van der Waals surface area contributed by atoms with Gasteiger partial charge in [0.2, 0.25) is 0 Å². The van der Waals surface area contributed by atoms with Gasteiger partial charge in [0.25, 0.3) is 0 Å². The van der Waals surface area contributed by atoms with Crippen molar-refractivity contribution in [2.75, 3.05) is 0 Å². The Hall–Kier alpha value is -0.880. The molecule has 0 saturated carbocycles. The predicted octanol–water partition coefficient (Wildman–Crippen LogP) is 3.13. The van der Waals surface area contributed by atoms with Crippen molar-refractivity contribution < 1.29 is 9.09 Å². The van der Waals surface area contributed by atoms with Crippen molar-refractivity contribution in [2.24, 2.45) is 0 Å². The highest BCUT2D eigenvalue weighted by Gasteiger charge is 2.08. The van der Waals surface area contributed by atoms with Crippen LogP contribution < -0.4 is 4.52 Å². The Labute approximate surface area is 80.2 Å². The zero-order valence-corrected chi connectivity index (χ0v) is 8.96. The normalized spacial score (nSPS) is 10.3. The van der Waals surface area contributed by atoms with Crippen molar-refractivity contribution in [3.63, 3.8) is 0 Å². The van der Waals surface area contributed by atoms with Gasteiger partial charge >= 0.3 is 8.69 Å². The van der Waals surface area contributed by atoms with E-state index in [4.69, 9.17) is 4.52 Å². The first-order valence-corrected chi connectivity index (χ1v) is 5.29. The molecule has 0 aliphatic rings. The lowest BCUT2D eigenvalue weighted by atomic mass is 10.0. The Balaban J connectivity index is 3.10. The quantitative estimate of drug-likeness (QED) is 0.693. The lowest BCUT2D eigenvalue weighted by molar-refractivity contribution is 0.521. The van der Waals surface area contributed by atoms with E-state index in [0.29, 0.717) is 0 Å². The molecule has 0 saturated heterocycles. The molecular weight excluding hydrogens is 183 g/mol. The maximum absolute atomic E-state index is 10.4. The largest absolute Gasteiger partial charge is 0.542 e. The minimum Gasteiger partial charge on any atom is -0.256 e. The molecule has 0 bridgehead atoms. The van der Waals surface area contributed by atoms with Gasteiger partial charge in [-0.2, -0.15) is 0 Å². The number of hydrogen-bond donors (Lipinski definition) is 0. The van der Waals surface area contributed by atoms with Crippen molar-refractivity contribution in [2.45, 2.75) is 26.7 Å². The third kappa shape index (κ3) is 2.28. The Bertz CT molecular complexity index is 297. The van der Waals surface area contributed by atoms with Crippen LogP contribution in [0.5, 0.6) is 5.75 Å². The summed E-state index contributed by atoms with van der Waals surface area (Å²) in [6.07, 6.45) is 1.91. The van der Waals surface area contributed by atoms with Crippen LogP contribution in [0.1, 0.15) is 25.0 Å². The summed E-state index contributed by atoms with van der Waals surface area (Å²) in [6.45, 7) is 4.19. The second kappa shape index (κ2) is 4.98. The lowest BCUT2D eigenvalue weighted by Gasteiger charge is -2.06. The smallest absolute Gasteiger partial charge is 0.256 e. The summed E-state index contributed by atoms with van der Waals surface area (Å²) in [7, 11) is -0.718. The standard InChI is InChI=1S/C10H14O2P/c1-3-8-6-5-7-10(12-13-11)9(8)4-2/h5-7,13H,3-4H2,1-2H3/q+1. The van der Waals surface area contributed by atoms with Gasteiger partial charge in [-0.1, -0.05) is 26.0 Å². The summed E-state index contributed by atoms with van der Waals surface area (Å²) >= 11 is 0. The molecule has 1 aromatic rings. The Kier molecular flexibility index (Phi) is 3.91. The van der Waals surface area contributed by atoms with E-state index >= 15 is 0 Å².